The Balaban J connectivity index is 3.67. The summed E-state index contributed by atoms with van der Waals surface area (Å²) in [6.07, 6.45) is 0.507. The zero-order chi connectivity index (χ0) is 8.69. The van der Waals surface area contributed by atoms with Crippen molar-refractivity contribution < 1.29 is 14.6 Å². The summed E-state index contributed by atoms with van der Waals surface area (Å²) in [6, 6.07) is 0. The van der Waals surface area contributed by atoms with Gasteiger partial charge in [-0.1, -0.05) is 6.58 Å². The molecule has 0 spiro atoms. The first-order valence-electron chi connectivity index (χ1n) is 3.40. The SMILES string of the molecule is C=CC(=O)NC(CO)OCC. The van der Waals surface area contributed by atoms with Crippen molar-refractivity contribution in [3.05, 3.63) is 12.7 Å². The second-order valence-corrected chi connectivity index (χ2v) is 1.84. The second-order valence-electron chi connectivity index (χ2n) is 1.84. The van der Waals surface area contributed by atoms with Crippen LogP contribution in [0.3, 0.4) is 0 Å². The molecule has 2 N–H and O–H groups in total. The van der Waals surface area contributed by atoms with Crippen LogP contribution in [0.2, 0.25) is 0 Å². The maximum absolute atomic E-state index is 10.6. The van der Waals surface area contributed by atoms with Gasteiger partial charge < -0.3 is 15.2 Å². The molecular formula is C7H13NO3. The highest BCUT2D eigenvalue weighted by atomic mass is 16.5. The molecule has 0 radical (unpaired) electrons. The van der Waals surface area contributed by atoms with Crippen molar-refractivity contribution in [2.45, 2.75) is 13.2 Å². The van der Waals surface area contributed by atoms with Crippen molar-refractivity contribution in [3.63, 3.8) is 0 Å². The minimum Gasteiger partial charge on any atom is -0.392 e. The van der Waals surface area contributed by atoms with Crippen LogP contribution in [0, 0.1) is 0 Å². The lowest BCUT2D eigenvalue weighted by Crippen LogP contribution is -2.38. The third-order valence-corrected chi connectivity index (χ3v) is 1.02. The van der Waals surface area contributed by atoms with E-state index in [-0.39, 0.29) is 12.5 Å². The lowest BCUT2D eigenvalue weighted by molar-refractivity contribution is -0.121. The van der Waals surface area contributed by atoms with E-state index in [0.717, 1.165) is 6.08 Å². The van der Waals surface area contributed by atoms with Crippen LogP contribution in [0.1, 0.15) is 6.92 Å². The maximum atomic E-state index is 10.6. The number of nitrogens with one attached hydrogen (secondary N) is 1. The number of rotatable bonds is 5. The van der Waals surface area contributed by atoms with E-state index in [9.17, 15) is 4.79 Å². The van der Waals surface area contributed by atoms with Gasteiger partial charge in [0.2, 0.25) is 5.91 Å². The van der Waals surface area contributed by atoms with Crippen LogP contribution in [0.5, 0.6) is 0 Å². The summed E-state index contributed by atoms with van der Waals surface area (Å²) in [5.41, 5.74) is 0. The number of carbonyl (C=O) groups excluding carboxylic acids is 1. The minimum atomic E-state index is -0.620. The highest BCUT2D eigenvalue weighted by molar-refractivity contribution is 5.86. The average molecular weight is 159 g/mol. The average Bonchev–Trinajstić information content (AvgIpc) is 2.03. The van der Waals surface area contributed by atoms with Crippen molar-refractivity contribution in [1.82, 2.24) is 5.32 Å². The van der Waals surface area contributed by atoms with E-state index in [1.54, 1.807) is 6.92 Å². The number of aliphatic hydroxyl groups is 1. The molecule has 4 nitrogen and oxygen atoms in total. The topological polar surface area (TPSA) is 58.6 Å². The molecule has 0 aliphatic heterocycles. The highest BCUT2D eigenvalue weighted by Crippen LogP contribution is 1.85. The molecular weight excluding hydrogens is 146 g/mol. The van der Waals surface area contributed by atoms with Gasteiger partial charge in [0.15, 0.2) is 6.23 Å². The first-order chi connectivity index (χ1) is 5.24. The quantitative estimate of drug-likeness (QED) is 0.425. The molecule has 64 valence electrons. The molecule has 0 aromatic heterocycles. The molecule has 11 heavy (non-hydrogen) atoms. The predicted molar refractivity (Wildman–Crippen MR) is 40.8 cm³/mol. The number of ether oxygens (including phenoxy) is 1. The Bertz CT molecular complexity index is 136. The zero-order valence-corrected chi connectivity index (χ0v) is 6.54. The molecule has 0 aliphatic carbocycles. The third kappa shape index (κ3) is 4.52. The Morgan fingerprint density at radius 2 is 2.55 bits per heavy atom. The van der Waals surface area contributed by atoms with Gasteiger partial charge in [-0.15, -0.1) is 0 Å². The van der Waals surface area contributed by atoms with Gasteiger partial charge in [0, 0.05) is 6.61 Å². The number of aliphatic hydroxyl groups excluding tert-OH is 1. The van der Waals surface area contributed by atoms with Gasteiger partial charge in [0.1, 0.15) is 0 Å². The zero-order valence-electron chi connectivity index (χ0n) is 6.54. The Morgan fingerprint density at radius 1 is 1.91 bits per heavy atom. The fourth-order valence-electron chi connectivity index (χ4n) is 0.559. The molecule has 4 heteroatoms. The van der Waals surface area contributed by atoms with Gasteiger partial charge in [0.05, 0.1) is 6.61 Å². The highest BCUT2D eigenvalue weighted by Gasteiger charge is 2.06. The van der Waals surface area contributed by atoms with Gasteiger partial charge in [-0.2, -0.15) is 0 Å². The number of hydrogen-bond donors (Lipinski definition) is 2. The Morgan fingerprint density at radius 3 is 2.91 bits per heavy atom. The summed E-state index contributed by atoms with van der Waals surface area (Å²) in [5.74, 6) is -0.350. The first-order valence-corrected chi connectivity index (χ1v) is 3.40. The molecule has 0 aliphatic rings. The van der Waals surface area contributed by atoms with Crippen LogP contribution in [0.4, 0.5) is 0 Å². The molecule has 0 aromatic carbocycles. The number of carbonyl (C=O) groups is 1. The van der Waals surface area contributed by atoms with Crippen LogP contribution in [0.25, 0.3) is 0 Å². The molecule has 1 unspecified atom stereocenters. The minimum absolute atomic E-state index is 0.229. The smallest absolute Gasteiger partial charge is 0.245 e. The van der Waals surface area contributed by atoms with E-state index in [4.69, 9.17) is 9.84 Å². The number of amides is 1. The van der Waals surface area contributed by atoms with Crippen LogP contribution in [-0.2, 0) is 9.53 Å². The fraction of sp³-hybridized carbons (Fsp3) is 0.571. The van der Waals surface area contributed by atoms with Gasteiger partial charge in [-0.25, -0.2) is 0 Å². The van der Waals surface area contributed by atoms with Crippen molar-refractivity contribution >= 4 is 5.91 Å². The third-order valence-electron chi connectivity index (χ3n) is 1.02. The molecule has 0 heterocycles. The van der Waals surface area contributed by atoms with E-state index in [1.807, 2.05) is 0 Å². The van der Waals surface area contributed by atoms with Gasteiger partial charge >= 0.3 is 0 Å². The van der Waals surface area contributed by atoms with E-state index >= 15 is 0 Å². The Hall–Kier alpha value is -0.870. The Labute approximate surface area is 65.9 Å². The largest absolute Gasteiger partial charge is 0.392 e. The molecule has 0 bridgehead atoms. The summed E-state index contributed by atoms with van der Waals surface area (Å²) < 4.78 is 4.93. The molecule has 0 saturated carbocycles. The van der Waals surface area contributed by atoms with Crippen molar-refractivity contribution in [1.29, 1.82) is 0 Å². The van der Waals surface area contributed by atoms with E-state index in [0.29, 0.717) is 6.61 Å². The lowest BCUT2D eigenvalue weighted by atomic mass is 10.5. The molecule has 0 saturated heterocycles. The van der Waals surface area contributed by atoms with Crippen LogP contribution >= 0.6 is 0 Å². The van der Waals surface area contributed by atoms with Crippen molar-refractivity contribution in [3.8, 4) is 0 Å². The van der Waals surface area contributed by atoms with E-state index in [2.05, 4.69) is 11.9 Å². The molecule has 1 atom stereocenters. The summed E-state index contributed by atoms with van der Waals surface area (Å²) in [5, 5.41) is 11.0. The molecule has 0 aromatic rings. The lowest BCUT2D eigenvalue weighted by Gasteiger charge is -2.14. The van der Waals surface area contributed by atoms with Crippen molar-refractivity contribution in [2.24, 2.45) is 0 Å². The van der Waals surface area contributed by atoms with Crippen molar-refractivity contribution in [2.75, 3.05) is 13.2 Å². The summed E-state index contributed by atoms with van der Waals surface area (Å²) in [7, 11) is 0. The summed E-state index contributed by atoms with van der Waals surface area (Å²) in [4.78, 5) is 10.6. The normalized spacial score (nSPS) is 12.2. The molecule has 0 rings (SSSR count). The van der Waals surface area contributed by atoms with Crippen LogP contribution in [0.15, 0.2) is 12.7 Å². The van der Waals surface area contributed by atoms with Gasteiger partial charge in [-0.05, 0) is 13.0 Å². The van der Waals surface area contributed by atoms with E-state index < -0.39 is 6.23 Å². The molecule has 0 fully saturated rings. The predicted octanol–water partition coefficient (Wildman–Crippen LogP) is -0.357. The van der Waals surface area contributed by atoms with Crippen LogP contribution < -0.4 is 5.32 Å². The van der Waals surface area contributed by atoms with Gasteiger partial charge in [0.25, 0.3) is 0 Å². The summed E-state index contributed by atoms with van der Waals surface area (Å²) in [6.45, 7) is 5.26. The van der Waals surface area contributed by atoms with Gasteiger partial charge in [-0.3, -0.25) is 4.79 Å². The maximum Gasteiger partial charge on any atom is 0.245 e. The second kappa shape index (κ2) is 5.88. The van der Waals surface area contributed by atoms with Crippen LogP contribution in [-0.4, -0.2) is 30.5 Å². The monoisotopic (exact) mass is 159 g/mol. The first kappa shape index (κ1) is 10.1. The number of hydrogen-bond acceptors (Lipinski definition) is 3. The Kier molecular flexibility index (Phi) is 5.42. The fourth-order valence-corrected chi connectivity index (χ4v) is 0.559. The molecule has 1 amide bonds. The van der Waals surface area contributed by atoms with E-state index in [1.165, 1.54) is 0 Å². The summed E-state index contributed by atoms with van der Waals surface area (Å²) >= 11 is 0. The standard InChI is InChI=1S/C7H13NO3/c1-3-6(10)8-7(5-9)11-4-2/h3,7,9H,1,4-5H2,2H3,(H,8,10).